The maximum absolute atomic E-state index is 5.04. The fraction of sp³-hybridized carbons (Fsp3) is 0.348. The molecule has 2 aromatic rings. The van der Waals surface area contributed by atoms with Crippen molar-refractivity contribution in [1.29, 1.82) is 0 Å². The van der Waals surface area contributed by atoms with Gasteiger partial charge in [-0.2, -0.15) is 0 Å². The lowest BCUT2D eigenvalue weighted by atomic mass is 9.77. The molecule has 1 aliphatic heterocycles. The van der Waals surface area contributed by atoms with Gasteiger partial charge in [-0.1, -0.05) is 66.2 Å². The molecule has 0 bridgehead atoms. The van der Waals surface area contributed by atoms with E-state index in [-0.39, 0.29) is 17.4 Å². The fourth-order valence-electron chi connectivity index (χ4n) is 3.42. The number of benzene rings is 2. The lowest BCUT2D eigenvalue weighted by molar-refractivity contribution is 0.568. The van der Waals surface area contributed by atoms with E-state index < -0.39 is 0 Å². The third-order valence-electron chi connectivity index (χ3n) is 4.49. The number of allylic oxidation sites excluding steroid dienone is 2. The summed E-state index contributed by atoms with van der Waals surface area (Å²) in [5.74, 6) is 1.54. The molecule has 0 amide bonds. The Morgan fingerprint density at radius 3 is 2.08 bits per heavy atom. The smallest absolute Gasteiger partial charge is 0.110 e. The summed E-state index contributed by atoms with van der Waals surface area (Å²) in [4.78, 5) is 5.04. The third kappa shape index (κ3) is 4.19. The van der Waals surface area contributed by atoms with Crippen molar-refractivity contribution in [2.75, 3.05) is 0 Å². The highest BCUT2D eigenvalue weighted by Gasteiger charge is 2.32. The van der Waals surface area contributed by atoms with Crippen LogP contribution >= 0.6 is 0 Å². The Labute approximate surface area is 151 Å². The Morgan fingerprint density at radius 1 is 0.840 bits per heavy atom. The quantitative estimate of drug-likeness (QED) is 0.764. The van der Waals surface area contributed by atoms with E-state index in [0.29, 0.717) is 0 Å². The van der Waals surface area contributed by atoms with Gasteiger partial charge in [0, 0.05) is 11.6 Å². The maximum Gasteiger partial charge on any atom is 0.110 e. The van der Waals surface area contributed by atoms with Crippen LogP contribution in [0.4, 0.5) is 0 Å². The Kier molecular flexibility index (Phi) is 4.80. The normalized spacial score (nSPS) is 22.4. The molecule has 2 unspecified atom stereocenters. The number of hydrogen-bond donors (Lipinski definition) is 1. The van der Waals surface area contributed by atoms with Crippen molar-refractivity contribution in [2.24, 2.45) is 4.99 Å². The van der Waals surface area contributed by atoms with Crippen molar-refractivity contribution in [3.63, 3.8) is 0 Å². The summed E-state index contributed by atoms with van der Waals surface area (Å²) in [6, 6.07) is 19.6. The van der Waals surface area contributed by atoms with Gasteiger partial charge >= 0.3 is 0 Å². The van der Waals surface area contributed by atoms with Gasteiger partial charge in [-0.25, -0.2) is 0 Å². The molecular formula is C23H28N2. The molecule has 0 radical (unpaired) electrons. The monoisotopic (exact) mass is 332 g/mol. The predicted octanol–water partition coefficient (Wildman–Crippen LogP) is 5.57. The zero-order chi connectivity index (χ0) is 18.0. The van der Waals surface area contributed by atoms with Gasteiger partial charge in [0.05, 0.1) is 11.5 Å². The van der Waals surface area contributed by atoms with Crippen LogP contribution in [0.3, 0.4) is 0 Å². The second kappa shape index (κ2) is 6.87. The van der Waals surface area contributed by atoms with E-state index in [1.165, 1.54) is 22.4 Å². The minimum atomic E-state index is -0.121. The van der Waals surface area contributed by atoms with Crippen molar-refractivity contribution in [1.82, 2.24) is 5.32 Å². The Bertz CT molecular complexity index is 777. The van der Waals surface area contributed by atoms with Gasteiger partial charge in [0.1, 0.15) is 5.84 Å². The molecule has 1 heterocycles. The van der Waals surface area contributed by atoms with Crippen LogP contribution in [-0.2, 0) is 0 Å². The molecule has 25 heavy (non-hydrogen) atoms. The average molecular weight is 332 g/mol. The van der Waals surface area contributed by atoms with Gasteiger partial charge in [0.25, 0.3) is 0 Å². The van der Waals surface area contributed by atoms with Crippen molar-refractivity contribution < 1.29 is 0 Å². The van der Waals surface area contributed by atoms with Crippen LogP contribution in [-0.4, -0.2) is 11.4 Å². The van der Waals surface area contributed by atoms with Crippen LogP contribution in [0.1, 0.15) is 56.2 Å². The largest absolute Gasteiger partial charge is 0.348 e. The van der Waals surface area contributed by atoms with E-state index in [4.69, 9.17) is 4.99 Å². The van der Waals surface area contributed by atoms with E-state index in [9.17, 15) is 0 Å². The van der Waals surface area contributed by atoms with Crippen LogP contribution in [0.15, 0.2) is 71.4 Å². The molecule has 2 nitrogen and oxygen atoms in total. The van der Waals surface area contributed by atoms with Crippen molar-refractivity contribution in [2.45, 2.75) is 52.0 Å². The summed E-state index contributed by atoms with van der Waals surface area (Å²) in [7, 11) is 0. The number of rotatable bonds is 2. The molecule has 0 saturated heterocycles. The van der Waals surface area contributed by atoms with E-state index in [0.717, 1.165) is 5.84 Å². The molecular weight excluding hydrogens is 304 g/mol. The van der Waals surface area contributed by atoms with Gasteiger partial charge in [0.2, 0.25) is 0 Å². The summed E-state index contributed by atoms with van der Waals surface area (Å²) >= 11 is 0. The van der Waals surface area contributed by atoms with E-state index >= 15 is 0 Å². The molecule has 2 atom stereocenters. The van der Waals surface area contributed by atoms with Crippen LogP contribution in [0.5, 0.6) is 0 Å². The summed E-state index contributed by atoms with van der Waals surface area (Å²) in [6.07, 6.45) is 2.33. The molecule has 0 aromatic heterocycles. The number of hydrogen-bond acceptors (Lipinski definition) is 1. The molecule has 2 aromatic carbocycles. The topological polar surface area (TPSA) is 24.4 Å². The van der Waals surface area contributed by atoms with Gasteiger partial charge in [0.15, 0.2) is 0 Å². The summed E-state index contributed by atoms with van der Waals surface area (Å²) < 4.78 is 0. The first kappa shape index (κ1) is 17.5. The van der Waals surface area contributed by atoms with Crippen molar-refractivity contribution in [3.05, 3.63) is 83.1 Å². The number of nitrogens with one attached hydrogen (secondary N) is 1. The van der Waals surface area contributed by atoms with Crippen LogP contribution in [0.25, 0.3) is 0 Å². The zero-order valence-electron chi connectivity index (χ0n) is 15.9. The Hall–Kier alpha value is -2.35. The highest BCUT2D eigenvalue weighted by molar-refractivity contribution is 5.93. The highest BCUT2D eigenvalue weighted by atomic mass is 15.0. The fourth-order valence-corrected chi connectivity index (χ4v) is 3.42. The predicted molar refractivity (Wildman–Crippen MR) is 107 cm³/mol. The molecule has 130 valence electrons. The van der Waals surface area contributed by atoms with Crippen molar-refractivity contribution in [3.8, 4) is 0 Å². The minimum Gasteiger partial charge on any atom is -0.348 e. The molecule has 1 N–H and O–H groups in total. The Balaban J connectivity index is 2.15. The minimum absolute atomic E-state index is 0.121. The SMILES string of the molecule is CC1=CC(c2ccccc2)C(c2ccc(C)cc2)C(=NC(C)(C)C)N1. The highest BCUT2D eigenvalue weighted by Crippen LogP contribution is 2.38. The first-order chi connectivity index (χ1) is 11.8. The van der Waals surface area contributed by atoms with Gasteiger partial charge in [-0.15, -0.1) is 0 Å². The van der Waals surface area contributed by atoms with Crippen LogP contribution in [0.2, 0.25) is 0 Å². The first-order valence-electron chi connectivity index (χ1n) is 9.00. The van der Waals surface area contributed by atoms with Crippen LogP contribution < -0.4 is 5.32 Å². The third-order valence-corrected chi connectivity index (χ3v) is 4.49. The van der Waals surface area contributed by atoms with E-state index in [1.807, 2.05) is 0 Å². The zero-order valence-corrected chi connectivity index (χ0v) is 15.9. The van der Waals surface area contributed by atoms with Gasteiger partial charge in [-0.3, -0.25) is 4.99 Å². The lowest BCUT2D eigenvalue weighted by Gasteiger charge is -2.34. The average Bonchev–Trinajstić information content (AvgIpc) is 2.55. The van der Waals surface area contributed by atoms with Crippen LogP contribution in [0, 0.1) is 6.92 Å². The summed E-state index contributed by atoms with van der Waals surface area (Å²) in [6.45, 7) is 10.7. The Morgan fingerprint density at radius 2 is 1.48 bits per heavy atom. The number of aryl methyl sites for hydroxylation is 1. The standard InChI is InChI=1S/C23H28N2/c1-16-11-13-19(14-12-16)21-20(18-9-7-6-8-10-18)15-17(2)24-22(21)25-23(3,4)5/h6-15,20-21H,1-5H3,(H,24,25). The molecule has 1 aliphatic rings. The molecule has 3 rings (SSSR count). The van der Waals surface area contributed by atoms with Gasteiger partial charge in [-0.05, 0) is 45.7 Å². The molecule has 0 spiro atoms. The van der Waals surface area contributed by atoms with E-state index in [1.54, 1.807) is 0 Å². The maximum atomic E-state index is 5.04. The van der Waals surface area contributed by atoms with Crippen molar-refractivity contribution >= 4 is 5.84 Å². The summed E-state index contributed by atoms with van der Waals surface area (Å²) in [5, 5.41) is 3.55. The summed E-state index contributed by atoms with van der Waals surface area (Å²) in [5.41, 5.74) is 4.96. The number of aliphatic imine (C=N–C) groups is 1. The number of amidine groups is 1. The molecule has 2 heteroatoms. The van der Waals surface area contributed by atoms with E-state index in [2.05, 4.69) is 101 Å². The molecule has 0 aliphatic carbocycles. The molecule has 0 saturated carbocycles. The lowest BCUT2D eigenvalue weighted by Crippen LogP contribution is -2.37. The second-order valence-corrected chi connectivity index (χ2v) is 7.97. The van der Waals surface area contributed by atoms with Gasteiger partial charge < -0.3 is 5.32 Å². The number of nitrogens with zero attached hydrogens (tertiary/aromatic N) is 1. The molecule has 0 fully saturated rings. The second-order valence-electron chi connectivity index (χ2n) is 7.97. The first-order valence-corrected chi connectivity index (χ1v) is 9.00.